The normalized spacial score (nSPS) is 22.4. The van der Waals surface area contributed by atoms with Crippen LogP contribution >= 0.6 is 0 Å². The van der Waals surface area contributed by atoms with Gasteiger partial charge in [0.15, 0.2) is 5.78 Å². The van der Waals surface area contributed by atoms with Gasteiger partial charge in [-0.3, -0.25) is 9.59 Å². The number of aliphatic hydroxyl groups is 1. The Hall–Kier alpha value is -2.74. The van der Waals surface area contributed by atoms with Gasteiger partial charge in [-0.2, -0.15) is 5.10 Å². The van der Waals surface area contributed by atoms with E-state index in [1.165, 1.54) is 6.07 Å². The van der Waals surface area contributed by atoms with E-state index in [-0.39, 0.29) is 28.5 Å². The second kappa shape index (κ2) is 7.75. The molecule has 0 unspecified atom stereocenters. The number of aliphatic hydroxyl groups excluding tert-OH is 1. The Morgan fingerprint density at radius 2 is 2.10 bits per heavy atom. The molecule has 7 nitrogen and oxygen atoms in total. The van der Waals surface area contributed by atoms with Crippen LogP contribution in [0.3, 0.4) is 0 Å². The fourth-order valence-corrected chi connectivity index (χ4v) is 4.88. The highest BCUT2D eigenvalue weighted by Crippen LogP contribution is 2.38. The van der Waals surface area contributed by atoms with Crippen molar-refractivity contribution in [3.63, 3.8) is 0 Å². The van der Waals surface area contributed by atoms with E-state index in [2.05, 4.69) is 10.4 Å². The summed E-state index contributed by atoms with van der Waals surface area (Å²) in [6.45, 7) is 6.00. The molecule has 2 aliphatic carbocycles. The van der Waals surface area contributed by atoms with Crippen LogP contribution in [-0.2, 0) is 12.8 Å². The minimum absolute atomic E-state index is 0.0519. The maximum Gasteiger partial charge on any atom is 0.253 e. The molecular weight excluding hydrogens is 399 g/mol. The average molecular weight is 429 g/mol. The summed E-state index contributed by atoms with van der Waals surface area (Å²) in [5, 5.41) is 17.9. The number of carbonyl (C=O) groups is 2. The van der Waals surface area contributed by atoms with Crippen LogP contribution < -0.4 is 11.1 Å². The van der Waals surface area contributed by atoms with Crippen LogP contribution in [0.5, 0.6) is 0 Å². The standard InChI is InChI=1S/C23H29FN4O3/c1-4-14-21-17(10-23(2,3)11-19(21)30)28(27-14)12-8-13(24)20(22(25)31)16(9-12)26-15-6-5-7-18(15)29/h8-9,15,18,26,29H,4-7,10-11H2,1-3H3,(H2,25,31)/t15-,18-/m0/s1. The Bertz CT molecular complexity index is 1060. The number of primary amides is 1. The Balaban J connectivity index is 1.86. The molecule has 0 spiro atoms. The topological polar surface area (TPSA) is 110 Å². The lowest BCUT2D eigenvalue weighted by atomic mass is 9.75. The number of fused-ring (bicyclic) bond motifs is 1. The van der Waals surface area contributed by atoms with Gasteiger partial charge in [0.25, 0.3) is 5.91 Å². The molecule has 1 aromatic heterocycles. The number of aryl methyl sites for hydroxylation is 1. The van der Waals surface area contributed by atoms with E-state index in [1.54, 1.807) is 10.7 Å². The second-order valence-corrected chi connectivity index (χ2v) is 9.44. The molecule has 1 heterocycles. The molecule has 1 fully saturated rings. The van der Waals surface area contributed by atoms with Gasteiger partial charge in [0.05, 0.1) is 46.0 Å². The Morgan fingerprint density at radius 3 is 2.71 bits per heavy atom. The maximum atomic E-state index is 15.1. The third kappa shape index (κ3) is 3.84. The zero-order valence-electron chi connectivity index (χ0n) is 18.2. The number of halogens is 1. The van der Waals surface area contributed by atoms with Crippen molar-refractivity contribution in [1.29, 1.82) is 0 Å². The van der Waals surface area contributed by atoms with Crippen LogP contribution in [0.1, 0.15) is 78.6 Å². The van der Waals surface area contributed by atoms with Gasteiger partial charge in [0.2, 0.25) is 0 Å². The molecule has 2 aromatic rings. The van der Waals surface area contributed by atoms with Crippen LogP contribution in [0.4, 0.5) is 10.1 Å². The van der Waals surface area contributed by atoms with E-state index in [0.29, 0.717) is 49.0 Å². The van der Waals surface area contributed by atoms with Crippen molar-refractivity contribution in [2.75, 3.05) is 5.32 Å². The Morgan fingerprint density at radius 1 is 1.35 bits per heavy atom. The van der Waals surface area contributed by atoms with Crippen LogP contribution in [0, 0.1) is 11.2 Å². The molecule has 1 aromatic carbocycles. The average Bonchev–Trinajstić information content (AvgIpc) is 3.23. The number of benzene rings is 1. The van der Waals surface area contributed by atoms with Crippen LogP contribution in [0.25, 0.3) is 5.69 Å². The lowest BCUT2D eigenvalue weighted by molar-refractivity contribution is 0.0909. The number of hydrogen-bond acceptors (Lipinski definition) is 5. The van der Waals surface area contributed by atoms with Crippen molar-refractivity contribution >= 4 is 17.4 Å². The van der Waals surface area contributed by atoms with Gasteiger partial charge in [-0.15, -0.1) is 0 Å². The number of Topliss-reactive ketones (excluding diaryl/α,β-unsaturated/α-hetero) is 1. The minimum Gasteiger partial charge on any atom is -0.391 e. The summed E-state index contributed by atoms with van der Waals surface area (Å²) in [6, 6.07) is 2.58. The Labute approximate surface area is 180 Å². The predicted octanol–water partition coefficient (Wildman–Crippen LogP) is 3.15. The van der Waals surface area contributed by atoms with Gasteiger partial charge in [0.1, 0.15) is 5.82 Å². The lowest BCUT2D eigenvalue weighted by Gasteiger charge is -2.29. The minimum atomic E-state index is -0.882. The highest BCUT2D eigenvalue weighted by atomic mass is 19.1. The van der Waals surface area contributed by atoms with Crippen molar-refractivity contribution in [2.24, 2.45) is 11.1 Å². The van der Waals surface area contributed by atoms with Gasteiger partial charge in [0, 0.05) is 12.5 Å². The highest BCUT2D eigenvalue weighted by molar-refractivity contribution is 6.00. The molecule has 0 radical (unpaired) electrons. The summed E-state index contributed by atoms with van der Waals surface area (Å²) in [7, 11) is 0. The molecule has 0 saturated heterocycles. The number of aromatic nitrogens is 2. The van der Waals surface area contributed by atoms with Gasteiger partial charge >= 0.3 is 0 Å². The summed E-state index contributed by atoms with van der Waals surface area (Å²) in [5.41, 5.74) is 7.71. The molecule has 1 saturated carbocycles. The first-order chi connectivity index (χ1) is 14.6. The molecular formula is C23H29FN4O3. The zero-order chi connectivity index (χ0) is 22.5. The van der Waals surface area contributed by atoms with Crippen LogP contribution in [-0.4, -0.2) is 38.7 Å². The van der Waals surface area contributed by atoms with Crippen LogP contribution in [0.2, 0.25) is 0 Å². The molecule has 2 atom stereocenters. The van der Waals surface area contributed by atoms with Crippen molar-refractivity contribution in [3.8, 4) is 5.69 Å². The molecule has 166 valence electrons. The van der Waals surface area contributed by atoms with E-state index >= 15 is 4.39 Å². The van der Waals surface area contributed by atoms with E-state index < -0.39 is 17.8 Å². The van der Waals surface area contributed by atoms with Crippen molar-refractivity contribution in [2.45, 2.75) is 71.4 Å². The van der Waals surface area contributed by atoms with E-state index in [0.717, 1.165) is 12.1 Å². The van der Waals surface area contributed by atoms with Gasteiger partial charge in [-0.1, -0.05) is 20.8 Å². The first kappa shape index (κ1) is 21.5. The van der Waals surface area contributed by atoms with Crippen LogP contribution in [0.15, 0.2) is 12.1 Å². The third-order valence-electron chi connectivity index (χ3n) is 6.34. The summed E-state index contributed by atoms with van der Waals surface area (Å²) >= 11 is 0. The summed E-state index contributed by atoms with van der Waals surface area (Å²) in [4.78, 5) is 24.8. The molecule has 0 bridgehead atoms. The second-order valence-electron chi connectivity index (χ2n) is 9.44. The molecule has 31 heavy (non-hydrogen) atoms. The number of anilines is 1. The molecule has 8 heteroatoms. The number of carbonyl (C=O) groups excluding carboxylic acids is 2. The third-order valence-corrected chi connectivity index (χ3v) is 6.34. The van der Waals surface area contributed by atoms with E-state index in [4.69, 9.17) is 5.73 Å². The number of ketones is 1. The van der Waals surface area contributed by atoms with Crippen molar-refractivity contribution in [1.82, 2.24) is 9.78 Å². The van der Waals surface area contributed by atoms with Gasteiger partial charge < -0.3 is 16.2 Å². The molecule has 4 rings (SSSR count). The molecule has 0 aliphatic heterocycles. The Kier molecular flexibility index (Phi) is 5.37. The van der Waals surface area contributed by atoms with Gasteiger partial charge in [-0.25, -0.2) is 9.07 Å². The predicted molar refractivity (Wildman–Crippen MR) is 115 cm³/mol. The van der Waals surface area contributed by atoms with E-state index in [1.807, 2.05) is 20.8 Å². The number of hydrogen-bond donors (Lipinski definition) is 3. The molecule has 2 aliphatic rings. The number of rotatable bonds is 5. The largest absolute Gasteiger partial charge is 0.391 e. The highest BCUT2D eigenvalue weighted by Gasteiger charge is 2.36. The number of nitrogens with two attached hydrogens (primary N) is 1. The SMILES string of the molecule is CCc1nn(-c2cc(F)c(C(N)=O)c(N[C@H]3CCC[C@@H]3O)c2)c2c1C(=O)CC(C)(C)C2. The monoisotopic (exact) mass is 428 g/mol. The fourth-order valence-electron chi connectivity index (χ4n) is 4.88. The van der Waals surface area contributed by atoms with Crippen molar-refractivity contribution < 1.29 is 19.1 Å². The van der Waals surface area contributed by atoms with E-state index in [9.17, 15) is 14.7 Å². The quantitative estimate of drug-likeness (QED) is 0.678. The lowest BCUT2D eigenvalue weighted by Crippen LogP contribution is -2.30. The molecule has 4 N–H and O–H groups in total. The first-order valence-corrected chi connectivity index (χ1v) is 10.8. The summed E-state index contributed by atoms with van der Waals surface area (Å²) in [5.74, 6) is -1.59. The zero-order valence-corrected chi connectivity index (χ0v) is 18.2. The molecule has 1 amide bonds. The first-order valence-electron chi connectivity index (χ1n) is 10.8. The maximum absolute atomic E-state index is 15.1. The fraction of sp³-hybridized carbons (Fsp3) is 0.522. The van der Waals surface area contributed by atoms with Gasteiger partial charge in [-0.05, 0) is 43.6 Å². The summed E-state index contributed by atoms with van der Waals surface area (Å²) in [6.07, 6.45) is 3.29. The smallest absolute Gasteiger partial charge is 0.253 e. The number of amides is 1. The number of nitrogens with zero attached hydrogens (tertiary/aromatic N) is 2. The van der Waals surface area contributed by atoms with Crippen molar-refractivity contribution in [3.05, 3.63) is 40.5 Å². The number of nitrogens with one attached hydrogen (secondary N) is 1. The summed E-state index contributed by atoms with van der Waals surface area (Å²) < 4.78 is 16.7.